The van der Waals surface area contributed by atoms with E-state index in [2.05, 4.69) is 21.3 Å². The largest absolute Gasteiger partial charge is 0.326 e. The van der Waals surface area contributed by atoms with Crippen LogP contribution in [0.25, 0.3) is 11.1 Å². The number of nitriles is 1. The average Bonchev–Trinajstić information content (AvgIpc) is 3.33. The Bertz CT molecular complexity index is 958. The first-order chi connectivity index (χ1) is 12.7. The SMILES string of the molecule is N#Cc1cccc(CN2CCN(c3ccc(-c4cn[nH]c4)cn3)C2=O)c1. The number of nitrogens with one attached hydrogen (secondary N) is 1. The number of hydrogen-bond donors (Lipinski definition) is 1. The number of pyridine rings is 1. The van der Waals surface area contributed by atoms with Gasteiger partial charge in [-0.25, -0.2) is 9.78 Å². The molecule has 3 aromatic rings. The van der Waals surface area contributed by atoms with E-state index in [4.69, 9.17) is 5.26 Å². The van der Waals surface area contributed by atoms with Gasteiger partial charge in [0.2, 0.25) is 0 Å². The van der Waals surface area contributed by atoms with E-state index in [1.54, 1.807) is 34.5 Å². The molecular weight excluding hydrogens is 328 g/mol. The highest BCUT2D eigenvalue weighted by Crippen LogP contribution is 2.23. The lowest BCUT2D eigenvalue weighted by Gasteiger charge is -2.18. The van der Waals surface area contributed by atoms with Crippen LogP contribution >= 0.6 is 0 Å². The summed E-state index contributed by atoms with van der Waals surface area (Å²) in [6.45, 7) is 1.70. The molecule has 7 nitrogen and oxygen atoms in total. The van der Waals surface area contributed by atoms with Gasteiger partial charge in [0.05, 0.1) is 17.8 Å². The number of nitrogens with zero attached hydrogens (tertiary/aromatic N) is 5. The minimum atomic E-state index is -0.0732. The number of urea groups is 1. The van der Waals surface area contributed by atoms with Crippen LogP contribution in [0.15, 0.2) is 55.0 Å². The minimum absolute atomic E-state index is 0.0732. The summed E-state index contributed by atoms with van der Waals surface area (Å²) in [7, 11) is 0. The summed E-state index contributed by atoms with van der Waals surface area (Å²) in [6.07, 6.45) is 5.27. The lowest BCUT2D eigenvalue weighted by atomic mass is 10.1. The minimum Gasteiger partial charge on any atom is -0.318 e. The van der Waals surface area contributed by atoms with Crippen molar-refractivity contribution < 1.29 is 4.79 Å². The smallest absolute Gasteiger partial charge is 0.318 e. The summed E-state index contributed by atoms with van der Waals surface area (Å²) in [5.41, 5.74) is 3.44. The van der Waals surface area contributed by atoms with Crippen LogP contribution in [0.4, 0.5) is 10.6 Å². The van der Waals surface area contributed by atoms with Crippen LogP contribution in [0.1, 0.15) is 11.1 Å². The molecule has 4 rings (SSSR count). The second-order valence-electron chi connectivity index (χ2n) is 6.06. The second kappa shape index (κ2) is 6.69. The van der Waals surface area contributed by atoms with Gasteiger partial charge in [-0.1, -0.05) is 12.1 Å². The van der Waals surface area contributed by atoms with E-state index in [1.807, 2.05) is 30.3 Å². The van der Waals surface area contributed by atoms with Gasteiger partial charge in [0.15, 0.2) is 0 Å². The van der Waals surface area contributed by atoms with Gasteiger partial charge in [0.1, 0.15) is 5.82 Å². The van der Waals surface area contributed by atoms with Gasteiger partial charge in [-0.3, -0.25) is 10.00 Å². The fraction of sp³-hybridized carbons (Fsp3) is 0.158. The van der Waals surface area contributed by atoms with Crippen LogP contribution < -0.4 is 4.90 Å². The van der Waals surface area contributed by atoms with Crippen molar-refractivity contribution in [1.82, 2.24) is 20.1 Å². The molecule has 26 heavy (non-hydrogen) atoms. The monoisotopic (exact) mass is 344 g/mol. The molecule has 1 aromatic carbocycles. The summed E-state index contributed by atoms with van der Waals surface area (Å²) in [4.78, 5) is 20.6. The van der Waals surface area contributed by atoms with E-state index in [1.165, 1.54) is 0 Å². The van der Waals surface area contributed by atoms with Crippen LogP contribution in [-0.2, 0) is 6.54 Å². The number of amides is 2. The Kier molecular flexibility index (Phi) is 4.07. The molecular formula is C19H16N6O. The maximum atomic E-state index is 12.7. The lowest BCUT2D eigenvalue weighted by molar-refractivity contribution is 0.218. The van der Waals surface area contributed by atoms with Crippen molar-refractivity contribution in [3.63, 3.8) is 0 Å². The molecule has 2 aromatic heterocycles. The Morgan fingerprint density at radius 3 is 2.81 bits per heavy atom. The highest BCUT2D eigenvalue weighted by molar-refractivity contribution is 5.93. The molecule has 0 saturated carbocycles. The van der Waals surface area contributed by atoms with E-state index >= 15 is 0 Å². The maximum Gasteiger partial charge on any atom is 0.326 e. The fourth-order valence-corrected chi connectivity index (χ4v) is 3.03. The fourth-order valence-electron chi connectivity index (χ4n) is 3.03. The number of carbonyl (C=O) groups is 1. The zero-order valence-corrected chi connectivity index (χ0v) is 14.0. The molecule has 1 N–H and O–H groups in total. The topological polar surface area (TPSA) is 88.9 Å². The van der Waals surface area contributed by atoms with Crippen molar-refractivity contribution in [1.29, 1.82) is 5.26 Å². The van der Waals surface area contributed by atoms with Crippen LogP contribution in [-0.4, -0.2) is 39.2 Å². The van der Waals surface area contributed by atoms with Crippen molar-refractivity contribution >= 4 is 11.8 Å². The first-order valence-corrected chi connectivity index (χ1v) is 8.25. The zero-order valence-electron chi connectivity index (χ0n) is 14.0. The Morgan fingerprint density at radius 1 is 1.15 bits per heavy atom. The van der Waals surface area contributed by atoms with Crippen LogP contribution in [0, 0.1) is 11.3 Å². The predicted octanol–water partition coefficient (Wildman–Crippen LogP) is 2.79. The number of anilines is 1. The summed E-state index contributed by atoms with van der Waals surface area (Å²) in [5, 5.41) is 15.7. The van der Waals surface area contributed by atoms with Crippen LogP contribution in [0.3, 0.4) is 0 Å². The normalized spacial score (nSPS) is 13.9. The number of hydrogen-bond acceptors (Lipinski definition) is 4. The first kappa shape index (κ1) is 15.8. The van der Waals surface area contributed by atoms with E-state index in [-0.39, 0.29) is 6.03 Å². The highest BCUT2D eigenvalue weighted by Gasteiger charge is 2.30. The van der Waals surface area contributed by atoms with Gasteiger partial charge < -0.3 is 4.90 Å². The number of aromatic amines is 1. The van der Waals surface area contributed by atoms with Gasteiger partial charge in [0, 0.05) is 43.2 Å². The molecule has 7 heteroatoms. The molecule has 1 aliphatic rings. The molecule has 0 atom stereocenters. The third-order valence-electron chi connectivity index (χ3n) is 4.38. The van der Waals surface area contributed by atoms with E-state index in [9.17, 15) is 4.79 Å². The van der Waals surface area contributed by atoms with Crippen LogP contribution in [0.5, 0.6) is 0 Å². The molecule has 0 spiro atoms. The molecule has 1 saturated heterocycles. The van der Waals surface area contributed by atoms with Gasteiger partial charge in [-0.05, 0) is 29.8 Å². The van der Waals surface area contributed by atoms with E-state index < -0.39 is 0 Å². The predicted molar refractivity (Wildman–Crippen MR) is 96.1 cm³/mol. The molecule has 3 heterocycles. The second-order valence-corrected chi connectivity index (χ2v) is 6.06. The van der Waals surface area contributed by atoms with E-state index in [0.717, 1.165) is 16.7 Å². The Balaban J connectivity index is 1.47. The Morgan fingerprint density at radius 2 is 2.08 bits per heavy atom. The third-order valence-corrected chi connectivity index (χ3v) is 4.38. The Hall–Kier alpha value is -3.66. The lowest BCUT2D eigenvalue weighted by Crippen LogP contribution is -2.31. The summed E-state index contributed by atoms with van der Waals surface area (Å²) in [6, 6.07) is 13.2. The summed E-state index contributed by atoms with van der Waals surface area (Å²) >= 11 is 0. The molecule has 2 amide bonds. The number of aromatic nitrogens is 3. The molecule has 0 aliphatic carbocycles. The number of carbonyl (C=O) groups excluding carboxylic acids is 1. The molecule has 0 unspecified atom stereocenters. The number of rotatable bonds is 4. The van der Waals surface area contributed by atoms with Crippen molar-refractivity contribution in [2.75, 3.05) is 18.0 Å². The molecule has 1 fully saturated rings. The molecule has 128 valence electrons. The van der Waals surface area contributed by atoms with Crippen molar-refractivity contribution in [2.24, 2.45) is 0 Å². The van der Waals surface area contributed by atoms with Crippen molar-refractivity contribution in [3.8, 4) is 17.2 Å². The zero-order chi connectivity index (χ0) is 17.9. The summed E-state index contributed by atoms with van der Waals surface area (Å²) in [5.74, 6) is 0.635. The molecule has 1 aliphatic heterocycles. The van der Waals surface area contributed by atoms with Gasteiger partial charge in [-0.15, -0.1) is 0 Å². The quantitative estimate of drug-likeness (QED) is 0.788. The number of benzene rings is 1. The van der Waals surface area contributed by atoms with Gasteiger partial charge >= 0.3 is 6.03 Å². The van der Waals surface area contributed by atoms with Crippen molar-refractivity contribution in [2.45, 2.75) is 6.54 Å². The Labute approximate surface area is 150 Å². The maximum absolute atomic E-state index is 12.7. The number of H-pyrrole nitrogens is 1. The molecule has 0 bridgehead atoms. The third kappa shape index (κ3) is 3.00. The van der Waals surface area contributed by atoms with Gasteiger partial charge in [-0.2, -0.15) is 10.4 Å². The van der Waals surface area contributed by atoms with Gasteiger partial charge in [0.25, 0.3) is 0 Å². The van der Waals surface area contributed by atoms with E-state index in [0.29, 0.717) is 31.0 Å². The standard InChI is InChI=1S/C19H16N6O/c20-9-14-2-1-3-15(8-14)13-24-6-7-25(19(24)26)18-5-4-16(10-21-18)17-11-22-23-12-17/h1-5,8,10-12H,6-7,13H2,(H,22,23). The average molecular weight is 344 g/mol. The van der Waals surface area contributed by atoms with Crippen LogP contribution in [0.2, 0.25) is 0 Å². The molecule has 0 radical (unpaired) electrons. The highest BCUT2D eigenvalue weighted by atomic mass is 16.2. The van der Waals surface area contributed by atoms with Crippen molar-refractivity contribution in [3.05, 3.63) is 66.1 Å². The first-order valence-electron chi connectivity index (χ1n) is 8.25. The summed E-state index contributed by atoms with van der Waals surface area (Å²) < 4.78 is 0.